The fraction of sp³-hybridized carbons (Fsp3) is 0.348. The molecular formula is C23H28N2O. The molecule has 0 spiro atoms. The maximum absolute atomic E-state index is 11.9. The summed E-state index contributed by atoms with van der Waals surface area (Å²) in [6.07, 6.45) is 6.09. The highest BCUT2D eigenvalue weighted by molar-refractivity contribution is 5.78. The Morgan fingerprint density at radius 1 is 0.962 bits per heavy atom. The summed E-state index contributed by atoms with van der Waals surface area (Å²) < 4.78 is 0. The summed E-state index contributed by atoms with van der Waals surface area (Å²) in [4.78, 5) is 14.4. The Kier molecular flexibility index (Phi) is 7.03. The van der Waals surface area contributed by atoms with Gasteiger partial charge < -0.3 is 5.32 Å². The normalized spacial score (nSPS) is 14.7. The highest BCUT2D eigenvalue weighted by Crippen LogP contribution is 2.17. The molecule has 3 rings (SSSR count). The van der Waals surface area contributed by atoms with Crippen LogP contribution in [0.4, 0.5) is 0 Å². The fourth-order valence-corrected chi connectivity index (χ4v) is 3.35. The summed E-state index contributed by atoms with van der Waals surface area (Å²) in [7, 11) is 0. The number of amides is 1. The molecule has 3 heteroatoms. The van der Waals surface area contributed by atoms with Crippen LogP contribution in [-0.4, -0.2) is 30.4 Å². The second-order valence-corrected chi connectivity index (χ2v) is 6.95. The molecule has 0 saturated heterocycles. The molecule has 0 bridgehead atoms. The average Bonchev–Trinajstić information content (AvgIpc) is 2.68. The minimum Gasteiger partial charge on any atom is -0.356 e. The van der Waals surface area contributed by atoms with Crippen LogP contribution in [0.15, 0.2) is 72.3 Å². The van der Waals surface area contributed by atoms with Crippen LogP contribution >= 0.6 is 0 Å². The van der Waals surface area contributed by atoms with E-state index in [0.29, 0.717) is 6.42 Å². The number of hydrogen-bond donors (Lipinski definition) is 1. The van der Waals surface area contributed by atoms with Crippen molar-refractivity contribution in [1.29, 1.82) is 0 Å². The van der Waals surface area contributed by atoms with Crippen molar-refractivity contribution < 1.29 is 4.79 Å². The lowest BCUT2D eigenvalue weighted by atomic mass is 10.0. The third-order valence-electron chi connectivity index (χ3n) is 4.84. The van der Waals surface area contributed by atoms with Gasteiger partial charge in [-0.15, -0.1) is 0 Å². The molecule has 0 aliphatic carbocycles. The van der Waals surface area contributed by atoms with Gasteiger partial charge >= 0.3 is 0 Å². The number of nitrogens with zero attached hydrogens (tertiary/aromatic N) is 1. The molecule has 2 aromatic carbocycles. The number of carbonyl (C=O) groups is 1. The van der Waals surface area contributed by atoms with Crippen LogP contribution in [0, 0.1) is 0 Å². The lowest BCUT2D eigenvalue weighted by Crippen LogP contribution is -2.29. The van der Waals surface area contributed by atoms with Gasteiger partial charge in [0.05, 0.1) is 6.42 Å². The van der Waals surface area contributed by atoms with E-state index in [-0.39, 0.29) is 5.91 Å². The van der Waals surface area contributed by atoms with Gasteiger partial charge in [-0.2, -0.15) is 0 Å². The van der Waals surface area contributed by atoms with E-state index in [4.69, 9.17) is 0 Å². The molecule has 0 radical (unpaired) electrons. The van der Waals surface area contributed by atoms with Gasteiger partial charge in [0.1, 0.15) is 0 Å². The Morgan fingerprint density at radius 3 is 2.31 bits per heavy atom. The Labute approximate surface area is 156 Å². The first-order valence-electron chi connectivity index (χ1n) is 9.54. The van der Waals surface area contributed by atoms with Gasteiger partial charge in [0.2, 0.25) is 5.91 Å². The van der Waals surface area contributed by atoms with Crippen LogP contribution in [0.25, 0.3) is 0 Å². The predicted molar refractivity (Wildman–Crippen MR) is 107 cm³/mol. The van der Waals surface area contributed by atoms with Crippen molar-refractivity contribution in [2.24, 2.45) is 0 Å². The van der Waals surface area contributed by atoms with E-state index in [1.165, 1.54) is 11.1 Å². The quantitative estimate of drug-likeness (QED) is 0.578. The Balaban J connectivity index is 1.31. The third kappa shape index (κ3) is 6.16. The summed E-state index contributed by atoms with van der Waals surface area (Å²) in [6.45, 7) is 3.95. The summed E-state index contributed by atoms with van der Waals surface area (Å²) in [5.74, 6) is 0.114. The van der Waals surface area contributed by atoms with Crippen LogP contribution in [0.2, 0.25) is 0 Å². The van der Waals surface area contributed by atoms with E-state index in [1.807, 2.05) is 30.3 Å². The molecule has 2 aromatic rings. The largest absolute Gasteiger partial charge is 0.356 e. The fourth-order valence-electron chi connectivity index (χ4n) is 3.35. The van der Waals surface area contributed by atoms with E-state index in [0.717, 1.165) is 51.0 Å². The van der Waals surface area contributed by atoms with Crippen molar-refractivity contribution in [3.8, 4) is 0 Å². The molecule has 0 fully saturated rings. The van der Waals surface area contributed by atoms with Gasteiger partial charge in [0, 0.05) is 26.2 Å². The van der Waals surface area contributed by atoms with E-state index in [1.54, 1.807) is 0 Å². The average molecular weight is 348 g/mol. The maximum Gasteiger partial charge on any atom is 0.224 e. The zero-order valence-corrected chi connectivity index (χ0v) is 15.4. The monoisotopic (exact) mass is 348 g/mol. The second kappa shape index (κ2) is 9.93. The first kappa shape index (κ1) is 18.4. The molecule has 0 saturated carbocycles. The zero-order valence-electron chi connectivity index (χ0n) is 15.4. The lowest BCUT2D eigenvalue weighted by molar-refractivity contribution is -0.120. The molecule has 1 N–H and O–H groups in total. The molecule has 1 heterocycles. The first-order chi connectivity index (χ1) is 12.8. The Morgan fingerprint density at radius 2 is 1.65 bits per heavy atom. The van der Waals surface area contributed by atoms with Gasteiger partial charge in [-0.3, -0.25) is 9.69 Å². The second-order valence-electron chi connectivity index (χ2n) is 6.95. The van der Waals surface area contributed by atoms with Crippen molar-refractivity contribution in [1.82, 2.24) is 10.2 Å². The van der Waals surface area contributed by atoms with E-state index in [9.17, 15) is 4.79 Å². The SMILES string of the molecule is O=C(Cc1ccccc1)NCCCC1=CCN(Cc2ccccc2)CC1. The summed E-state index contributed by atoms with van der Waals surface area (Å²) in [5, 5.41) is 3.04. The number of rotatable bonds is 8. The molecule has 136 valence electrons. The summed E-state index contributed by atoms with van der Waals surface area (Å²) >= 11 is 0. The van der Waals surface area contributed by atoms with Crippen molar-refractivity contribution >= 4 is 5.91 Å². The van der Waals surface area contributed by atoms with Crippen LogP contribution in [-0.2, 0) is 17.8 Å². The van der Waals surface area contributed by atoms with Crippen LogP contribution in [0.5, 0.6) is 0 Å². The Hall–Kier alpha value is -2.39. The van der Waals surface area contributed by atoms with Crippen molar-refractivity contribution in [3.05, 3.63) is 83.4 Å². The highest BCUT2D eigenvalue weighted by atomic mass is 16.1. The molecule has 0 atom stereocenters. The number of nitrogens with one attached hydrogen (secondary N) is 1. The molecular weight excluding hydrogens is 320 g/mol. The van der Waals surface area contributed by atoms with Gasteiger partial charge in [0.15, 0.2) is 0 Å². The first-order valence-corrected chi connectivity index (χ1v) is 9.54. The maximum atomic E-state index is 11.9. The van der Waals surface area contributed by atoms with Gasteiger partial charge in [-0.05, 0) is 30.4 Å². The molecule has 1 amide bonds. The smallest absolute Gasteiger partial charge is 0.224 e. The number of carbonyl (C=O) groups excluding carboxylic acids is 1. The Bertz CT molecular complexity index is 710. The summed E-state index contributed by atoms with van der Waals surface area (Å²) in [6, 6.07) is 20.6. The molecule has 26 heavy (non-hydrogen) atoms. The van der Waals surface area contributed by atoms with E-state index >= 15 is 0 Å². The van der Waals surface area contributed by atoms with Crippen molar-refractivity contribution in [3.63, 3.8) is 0 Å². The highest BCUT2D eigenvalue weighted by Gasteiger charge is 2.12. The van der Waals surface area contributed by atoms with Gasteiger partial charge in [-0.25, -0.2) is 0 Å². The predicted octanol–water partition coefficient (Wildman–Crippen LogP) is 3.96. The number of benzene rings is 2. The van der Waals surface area contributed by atoms with Crippen LogP contribution in [0.3, 0.4) is 0 Å². The molecule has 0 aromatic heterocycles. The van der Waals surface area contributed by atoms with E-state index in [2.05, 4.69) is 46.6 Å². The number of hydrogen-bond acceptors (Lipinski definition) is 2. The lowest BCUT2D eigenvalue weighted by Gasteiger charge is -2.26. The third-order valence-corrected chi connectivity index (χ3v) is 4.84. The minimum absolute atomic E-state index is 0.114. The van der Waals surface area contributed by atoms with Crippen molar-refractivity contribution in [2.45, 2.75) is 32.2 Å². The van der Waals surface area contributed by atoms with Crippen molar-refractivity contribution in [2.75, 3.05) is 19.6 Å². The molecule has 3 nitrogen and oxygen atoms in total. The molecule has 0 unspecified atom stereocenters. The van der Waals surface area contributed by atoms with Gasteiger partial charge in [-0.1, -0.05) is 72.3 Å². The van der Waals surface area contributed by atoms with Crippen LogP contribution < -0.4 is 5.32 Å². The molecule has 1 aliphatic heterocycles. The summed E-state index contributed by atoms with van der Waals surface area (Å²) in [5.41, 5.74) is 3.98. The van der Waals surface area contributed by atoms with E-state index < -0.39 is 0 Å². The minimum atomic E-state index is 0.114. The molecule has 1 aliphatic rings. The zero-order chi connectivity index (χ0) is 18.0. The standard InChI is InChI=1S/C23H28N2O/c26-23(18-21-8-3-1-4-9-21)24-15-7-12-20-13-16-25(17-14-20)19-22-10-5-2-6-11-22/h1-6,8-11,13H,7,12,14-19H2,(H,24,26). The topological polar surface area (TPSA) is 32.3 Å². The van der Waals surface area contributed by atoms with Crippen LogP contribution in [0.1, 0.15) is 30.4 Å². The van der Waals surface area contributed by atoms with Gasteiger partial charge in [0.25, 0.3) is 0 Å².